The van der Waals surface area contributed by atoms with E-state index in [1.807, 2.05) is 16.7 Å². The molecule has 0 radical (unpaired) electrons. The maximum Gasteiger partial charge on any atom is 0.416 e. The van der Waals surface area contributed by atoms with Gasteiger partial charge in [-0.1, -0.05) is 18.5 Å². The summed E-state index contributed by atoms with van der Waals surface area (Å²) < 4.78 is 84.4. The number of aliphatic carboxylic acids is 1. The predicted octanol–water partition coefficient (Wildman–Crippen LogP) is 6.51. The summed E-state index contributed by atoms with van der Waals surface area (Å²) in [7, 11) is 0. The molecule has 2 aliphatic rings. The Kier molecular flexibility index (Phi) is 9.79. The Bertz CT molecular complexity index is 1770. The first kappa shape index (κ1) is 35.2. The number of imidazole rings is 1. The minimum Gasteiger partial charge on any atom is -0.481 e. The molecular weight excluding hydrogens is 692 g/mol. The van der Waals surface area contributed by atoms with Crippen LogP contribution in [0.4, 0.5) is 44.1 Å². The summed E-state index contributed by atoms with van der Waals surface area (Å²) in [6, 6.07) is 0.884. The molecule has 2 atom stereocenters. The average molecular weight is 724 g/mol. The molecule has 11 nitrogen and oxygen atoms in total. The lowest BCUT2D eigenvalue weighted by atomic mass is 9.97. The second kappa shape index (κ2) is 13.9. The van der Waals surface area contributed by atoms with Crippen LogP contribution in [0.3, 0.4) is 0 Å². The van der Waals surface area contributed by atoms with Gasteiger partial charge in [-0.15, -0.1) is 0 Å². The number of piperidine rings is 1. The van der Waals surface area contributed by atoms with Gasteiger partial charge >= 0.3 is 18.3 Å². The van der Waals surface area contributed by atoms with Crippen LogP contribution in [0.25, 0.3) is 5.69 Å². The Morgan fingerprint density at radius 3 is 2.22 bits per heavy atom. The van der Waals surface area contributed by atoms with Gasteiger partial charge in [0.05, 0.1) is 53.7 Å². The normalized spacial score (nSPS) is 18.9. The number of carboxylic acids is 1. The maximum absolute atomic E-state index is 13.8. The zero-order valence-corrected chi connectivity index (χ0v) is 27.4. The Morgan fingerprint density at radius 2 is 1.66 bits per heavy atom. The SMILES string of the molecule is CCC1CC(N(Cc2cc(C(F)(F)F)cc(C(F)(F)F)c2)c2ncc(-n3ccnc3)cn2)CN1c1nc(N2CCC(C(=O)O)CC2)ncc1Cl. The van der Waals surface area contributed by atoms with E-state index in [1.54, 1.807) is 21.9 Å². The minimum absolute atomic E-state index is 0.105. The number of nitrogens with zero attached hydrogens (tertiary/aromatic N) is 9. The number of halogens is 7. The number of carbonyl (C=O) groups is 1. The van der Waals surface area contributed by atoms with E-state index in [0.29, 0.717) is 68.4 Å². The Hall–Kier alpha value is -4.67. The third-order valence-corrected chi connectivity index (χ3v) is 9.37. The van der Waals surface area contributed by atoms with Crippen LogP contribution < -0.4 is 14.7 Å². The summed E-state index contributed by atoms with van der Waals surface area (Å²) in [6.07, 6.45) is 1.13. The highest BCUT2D eigenvalue weighted by Crippen LogP contribution is 2.39. The van der Waals surface area contributed by atoms with Crippen molar-refractivity contribution in [2.45, 2.75) is 63.6 Å². The number of carboxylic acid groups (broad SMARTS) is 1. The first-order valence-electron chi connectivity index (χ1n) is 15.8. The molecule has 5 heterocycles. The largest absolute Gasteiger partial charge is 0.481 e. The molecule has 1 N–H and O–H groups in total. The van der Waals surface area contributed by atoms with Gasteiger partial charge in [0.1, 0.15) is 5.02 Å². The summed E-state index contributed by atoms with van der Waals surface area (Å²) >= 11 is 6.64. The lowest BCUT2D eigenvalue weighted by Gasteiger charge is -2.32. The Balaban J connectivity index is 1.34. The van der Waals surface area contributed by atoms with E-state index in [2.05, 4.69) is 19.9 Å². The molecule has 1 aromatic carbocycles. The van der Waals surface area contributed by atoms with Gasteiger partial charge < -0.3 is 24.4 Å². The molecule has 2 aliphatic heterocycles. The van der Waals surface area contributed by atoms with Crippen LogP contribution in [-0.2, 0) is 23.7 Å². The van der Waals surface area contributed by atoms with Crippen LogP contribution in [-0.4, -0.2) is 72.3 Å². The number of hydrogen-bond acceptors (Lipinski definition) is 9. The van der Waals surface area contributed by atoms with Crippen LogP contribution >= 0.6 is 11.6 Å². The van der Waals surface area contributed by atoms with Gasteiger partial charge in [0.25, 0.3) is 0 Å². The third kappa shape index (κ3) is 7.56. The zero-order chi connectivity index (χ0) is 35.8. The van der Waals surface area contributed by atoms with E-state index in [1.165, 1.54) is 24.9 Å². The van der Waals surface area contributed by atoms with E-state index in [9.17, 15) is 36.2 Å². The van der Waals surface area contributed by atoms with Crippen molar-refractivity contribution in [3.05, 3.63) is 77.2 Å². The standard InChI is InChI=1S/C32H32ClF6N9O2/c1-2-23-12-24(17-47(23)27-26(33)15-43-30(44-27)45-6-3-20(4-7-45)28(49)50)48(29-41-13-25(14-42-29)46-8-5-40-18-46)16-19-9-21(31(34,35)36)11-22(10-19)32(37,38)39/h5,8-11,13-15,18,20,23-24H,2-4,6-7,12,16-17H2,1H3,(H,49,50). The monoisotopic (exact) mass is 723 g/mol. The summed E-state index contributed by atoms with van der Waals surface area (Å²) in [4.78, 5) is 39.0. The van der Waals surface area contributed by atoms with Crippen molar-refractivity contribution in [3.63, 3.8) is 0 Å². The van der Waals surface area contributed by atoms with E-state index in [4.69, 9.17) is 16.6 Å². The number of alkyl halides is 6. The van der Waals surface area contributed by atoms with Crippen LogP contribution in [0.5, 0.6) is 0 Å². The van der Waals surface area contributed by atoms with Gasteiger partial charge in [-0.3, -0.25) is 4.79 Å². The fraction of sp³-hybridized carbons (Fsp3) is 0.438. The number of anilines is 3. The molecule has 0 bridgehead atoms. The molecule has 2 fully saturated rings. The van der Waals surface area contributed by atoms with E-state index in [0.717, 1.165) is 0 Å². The van der Waals surface area contributed by atoms with Crippen molar-refractivity contribution in [1.29, 1.82) is 0 Å². The van der Waals surface area contributed by atoms with Gasteiger partial charge in [-0.2, -0.15) is 31.3 Å². The summed E-state index contributed by atoms with van der Waals surface area (Å²) in [5.41, 5.74) is -2.48. The molecule has 266 valence electrons. The first-order chi connectivity index (χ1) is 23.7. The van der Waals surface area contributed by atoms with Gasteiger partial charge in [0.2, 0.25) is 11.9 Å². The molecule has 0 amide bonds. The molecular formula is C32H32ClF6N9O2. The molecule has 18 heteroatoms. The van der Waals surface area contributed by atoms with Gasteiger partial charge in [0, 0.05) is 44.6 Å². The van der Waals surface area contributed by atoms with Crippen LogP contribution in [0.15, 0.2) is 55.5 Å². The Labute approximate surface area is 287 Å². The fourth-order valence-electron chi connectivity index (χ4n) is 6.47. The first-order valence-corrected chi connectivity index (χ1v) is 16.2. The van der Waals surface area contributed by atoms with E-state index >= 15 is 0 Å². The minimum atomic E-state index is -5.01. The van der Waals surface area contributed by atoms with Gasteiger partial charge in [-0.05, 0) is 49.4 Å². The van der Waals surface area contributed by atoms with Crippen molar-refractivity contribution in [2.24, 2.45) is 5.92 Å². The van der Waals surface area contributed by atoms with Crippen molar-refractivity contribution in [1.82, 2.24) is 29.5 Å². The molecule has 0 spiro atoms. The van der Waals surface area contributed by atoms with E-state index in [-0.39, 0.29) is 41.7 Å². The van der Waals surface area contributed by atoms with E-state index < -0.39 is 41.4 Å². The number of aromatic nitrogens is 6. The highest BCUT2D eigenvalue weighted by atomic mass is 35.5. The summed E-state index contributed by atoms with van der Waals surface area (Å²) in [6.45, 7) is 2.72. The number of hydrogen-bond donors (Lipinski definition) is 1. The summed E-state index contributed by atoms with van der Waals surface area (Å²) in [5.74, 6) is -0.391. The van der Waals surface area contributed by atoms with Crippen LogP contribution in [0.2, 0.25) is 5.02 Å². The predicted molar refractivity (Wildman–Crippen MR) is 171 cm³/mol. The number of benzene rings is 1. The second-order valence-corrected chi connectivity index (χ2v) is 12.7. The highest BCUT2D eigenvalue weighted by molar-refractivity contribution is 6.32. The maximum atomic E-state index is 13.8. The van der Waals surface area contributed by atoms with Gasteiger partial charge in [0.15, 0.2) is 5.82 Å². The highest BCUT2D eigenvalue weighted by Gasteiger charge is 2.40. The zero-order valence-electron chi connectivity index (χ0n) is 26.6. The molecule has 3 aromatic heterocycles. The molecule has 2 unspecified atom stereocenters. The molecule has 6 rings (SSSR count). The third-order valence-electron chi connectivity index (χ3n) is 9.10. The average Bonchev–Trinajstić information content (AvgIpc) is 3.78. The topological polar surface area (TPSA) is 116 Å². The fourth-order valence-corrected chi connectivity index (χ4v) is 6.67. The smallest absolute Gasteiger partial charge is 0.416 e. The molecule has 50 heavy (non-hydrogen) atoms. The van der Waals surface area contributed by atoms with Crippen molar-refractivity contribution >= 4 is 35.3 Å². The molecule has 0 aliphatic carbocycles. The second-order valence-electron chi connectivity index (χ2n) is 12.3. The molecule has 4 aromatic rings. The van der Waals surface area contributed by atoms with Crippen LogP contribution in [0, 0.1) is 5.92 Å². The van der Waals surface area contributed by atoms with Crippen molar-refractivity contribution in [3.8, 4) is 5.69 Å². The van der Waals surface area contributed by atoms with Gasteiger partial charge in [-0.25, -0.2) is 19.9 Å². The van der Waals surface area contributed by atoms with Crippen molar-refractivity contribution in [2.75, 3.05) is 34.3 Å². The Morgan fingerprint density at radius 1 is 1.00 bits per heavy atom. The quantitative estimate of drug-likeness (QED) is 0.192. The molecule has 0 saturated carbocycles. The van der Waals surface area contributed by atoms with Crippen molar-refractivity contribution < 1.29 is 36.2 Å². The lowest BCUT2D eigenvalue weighted by Crippen LogP contribution is -2.39. The van der Waals surface area contributed by atoms with Crippen LogP contribution in [0.1, 0.15) is 49.3 Å². The lowest BCUT2D eigenvalue weighted by molar-refractivity contribution is -0.144. The molecule has 2 saturated heterocycles. The summed E-state index contributed by atoms with van der Waals surface area (Å²) in [5, 5.41) is 9.64. The number of rotatable bonds is 9.